The molecule has 0 fully saturated rings. The van der Waals surface area contributed by atoms with Crippen LogP contribution in [0.5, 0.6) is 0 Å². The van der Waals surface area contributed by atoms with Crippen molar-refractivity contribution in [1.82, 2.24) is 25.1 Å². The largest absolute Gasteiger partial charge is 0.455 e. The summed E-state index contributed by atoms with van der Waals surface area (Å²) in [5.41, 5.74) is 0.219. The van der Waals surface area contributed by atoms with Crippen molar-refractivity contribution < 1.29 is 14.1 Å². The molecule has 0 saturated heterocycles. The van der Waals surface area contributed by atoms with Crippen LogP contribution in [0.4, 0.5) is 0 Å². The Kier molecular flexibility index (Phi) is 4.06. The van der Waals surface area contributed by atoms with Crippen molar-refractivity contribution in [3.8, 4) is 0 Å². The van der Waals surface area contributed by atoms with Crippen LogP contribution >= 0.6 is 0 Å². The van der Waals surface area contributed by atoms with Gasteiger partial charge in [-0.3, -0.25) is 0 Å². The highest BCUT2D eigenvalue weighted by Gasteiger charge is 2.24. The molecular formula is C13H19N5O3. The average Bonchev–Trinajstić information content (AvgIpc) is 2.96. The molecule has 2 heterocycles. The van der Waals surface area contributed by atoms with Gasteiger partial charge in [-0.2, -0.15) is 4.98 Å². The number of aryl methyl sites for hydroxylation is 1. The molecule has 114 valence electrons. The standard InChI is InChI=1S/C13H19N5O3/c1-6-9-14-10(21-16-9)7-18-8(2)11(15-17-18)12(19)20-13(3,4)5/h6-7H2,1-5H3. The molecule has 0 amide bonds. The van der Waals surface area contributed by atoms with E-state index in [1.54, 1.807) is 27.7 Å². The minimum atomic E-state index is -0.574. The number of rotatable bonds is 4. The molecule has 21 heavy (non-hydrogen) atoms. The van der Waals surface area contributed by atoms with E-state index < -0.39 is 11.6 Å². The van der Waals surface area contributed by atoms with E-state index in [0.717, 1.165) is 0 Å². The molecule has 0 spiro atoms. The molecule has 0 N–H and O–H groups in total. The molecule has 0 unspecified atom stereocenters. The summed E-state index contributed by atoms with van der Waals surface area (Å²) in [6.45, 7) is 9.36. The molecule has 0 aliphatic heterocycles. The average molecular weight is 293 g/mol. The van der Waals surface area contributed by atoms with Crippen LogP contribution in [-0.2, 0) is 17.7 Å². The van der Waals surface area contributed by atoms with E-state index in [2.05, 4.69) is 20.5 Å². The number of hydrogen-bond acceptors (Lipinski definition) is 7. The van der Waals surface area contributed by atoms with Crippen LogP contribution in [-0.4, -0.2) is 36.7 Å². The number of ether oxygens (including phenoxy) is 1. The first-order valence-electron chi connectivity index (χ1n) is 6.75. The highest BCUT2D eigenvalue weighted by molar-refractivity contribution is 5.88. The van der Waals surface area contributed by atoms with Crippen LogP contribution in [0.2, 0.25) is 0 Å². The van der Waals surface area contributed by atoms with Crippen molar-refractivity contribution in [2.75, 3.05) is 0 Å². The van der Waals surface area contributed by atoms with Gasteiger partial charge in [0.15, 0.2) is 11.5 Å². The molecule has 0 aliphatic carbocycles. The van der Waals surface area contributed by atoms with Crippen molar-refractivity contribution in [1.29, 1.82) is 0 Å². The molecule has 8 nitrogen and oxygen atoms in total. The molecule has 0 bridgehead atoms. The third kappa shape index (κ3) is 3.65. The van der Waals surface area contributed by atoms with Gasteiger partial charge in [0.2, 0.25) is 5.89 Å². The summed E-state index contributed by atoms with van der Waals surface area (Å²) >= 11 is 0. The predicted molar refractivity (Wildman–Crippen MR) is 72.7 cm³/mol. The summed E-state index contributed by atoms with van der Waals surface area (Å²) in [6, 6.07) is 0. The highest BCUT2D eigenvalue weighted by Crippen LogP contribution is 2.13. The van der Waals surface area contributed by atoms with E-state index in [4.69, 9.17) is 9.26 Å². The zero-order valence-electron chi connectivity index (χ0n) is 12.9. The van der Waals surface area contributed by atoms with Gasteiger partial charge >= 0.3 is 5.97 Å². The van der Waals surface area contributed by atoms with Gasteiger partial charge in [-0.25, -0.2) is 9.48 Å². The van der Waals surface area contributed by atoms with Crippen LogP contribution in [0.15, 0.2) is 4.52 Å². The summed E-state index contributed by atoms with van der Waals surface area (Å²) in [5, 5.41) is 11.6. The Morgan fingerprint density at radius 3 is 2.67 bits per heavy atom. The minimum absolute atomic E-state index is 0.195. The Labute approximate surface area is 122 Å². The molecule has 0 radical (unpaired) electrons. The Balaban J connectivity index is 2.15. The number of aromatic nitrogens is 5. The molecular weight excluding hydrogens is 274 g/mol. The number of esters is 1. The van der Waals surface area contributed by atoms with E-state index in [0.29, 0.717) is 23.8 Å². The van der Waals surface area contributed by atoms with Gasteiger partial charge in [0, 0.05) is 6.42 Å². The van der Waals surface area contributed by atoms with Gasteiger partial charge in [0.1, 0.15) is 12.1 Å². The van der Waals surface area contributed by atoms with E-state index in [-0.39, 0.29) is 12.2 Å². The van der Waals surface area contributed by atoms with Crippen molar-refractivity contribution >= 4 is 5.97 Å². The van der Waals surface area contributed by atoms with Gasteiger partial charge in [-0.1, -0.05) is 17.3 Å². The summed E-state index contributed by atoms with van der Waals surface area (Å²) < 4.78 is 11.9. The second-order valence-electron chi connectivity index (χ2n) is 5.64. The zero-order chi connectivity index (χ0) is 15.6. The minimum Gasteiger partial charge on any atom is -0.455 e. The van der Waals surface area contributed by atoms with Crippen molar-refractivity contribution in [2.24, 2.45) is 0 Å². The second-order valence-corrected chi connectivity index (χ2v) is 5.64. The first kappa shape index (κ1) is 15.1. The topological polar surface area (TPSA) is 95.9 Å². The van der Waals surface area contributed by atoms with Crippen molar-refractivity contribution in [2.45, 2.75) is 53.2 Å². The van der Waals surface area contributed by atoms with E-state index >= 15 is 0 Å². The normalized spacial score (nSPS) is 11.7. The molecule has 0 aromatic carbocycles. The Morgan fingerprint density at radius 1 is 1.38 bits per heavy atom. The van der Waals surface area contributed by atoms with E-state index in [1.807, 2.05) is 6.92 Å². The van der Waals surface area contributed by atoms with Crippen LogP contribution in [0.3, 0.4) is 0 Å². The smallest absolute Gasteiger partial charge is 0.361 e. The van der Waals surface area contributed by atoms with Gasteiger partial charge in [-0.05, 0) is 27.7 Å². The lowest BCUT2D eigenvalue weighted by atomic mass is 10.2. The Bertz CT molecular complexity index is 639. The number of carbonyl (C=O) groups excluding carboxylic acids is 1. The fourth-order valence-electron chi connectivity index (χ4n) is 1.65. The maximum atomic E-state index is 12.0. The first-order chi connectivity index (χ1) is 9.80. The molecule has 0 aliphatic rings. The molecule has 0 saturated carbocycles. The third-order valence-electron chi connectivity index (χ3n) is 2.69. The fourth-order valence-corrected chi connectivity index (χ4v) is 1.65. The fraction of sp³-hybridized carbons (Fsp3) is 0.615. The molecule has 0 atom stereocenters. The van der Waals surface area contributed by atoms with Crippen LogP contribution < -0.4 is 0 Å². The molecule has 8 heteroatoms. The van der Waals surface area contributed by atoms with Gasteiger partial charge < -0.3 is 9.26 Å². The monoisotopic (exact) mass is 293 g/mol. The predicted octanol–water partition coefficient (Wildman–Crippen LogP) is 1.54. The van der Waals surface area contributed by atoms with Crippen LogP contribution in [0.25, 0.3) is 0 Å². The maximum absolute atomic E-state index is 12.0. The summed E-state index contributed by atoms with van der Waals surface area (Å²) in [7, 11) is 0. The quantitative estimate of drug-likeness (QED) is 0.789. The molecule has 2 aromatic heterocycles. The lowest BCUT2D eigenvalue weighted by Crippen LogP contribution is -2.24. The Hall–Kier alpha value is -2.25. The highest BCUT2D eigenvalue weighted by atomic mass is 16.6. The van der Waals surface area contributed by atoms with Gasteiger partial charge in [0.05, 0.1) is 5.69 Å². The summed E-state index contributed by atoms with van der Waals surface area (Å²) in [6.07, 6.45) is 0.697. The van der Waals surface area contributed by atoms with E-state index in [9.17, 15) is 4.79 Å². The zero-order valence-corrected chi connectivity index (χ0v) is 12.9. The summed E-state index contributed by atoms with van der Waals surface area (Å²) in [5.74, 6) is 0.566. The maximum Gasteiger partial charge on any atom is 0.361 e. The third-order valence-corrected chi connectivity index (χ3v) is 2.69. The van der Waals surface area contributed by atoms with Crippen molar-refractivity contribution in [3.63, 3.8) is 0 Å². The van der Waals surface area contributed by atoms with Gasteiger partial charge in [0.25, 0.3) is 0 Å². The van der Waals surface area contributed by atoms with Crippen molar-refractivity contribution in [3.05, 3.63) is 23.1 Å². The number of nitrogens with zero attached hydrogens (tertiary/aromatic N) is 5. The first-order valence-corrected chi connectivity index (χ1v) is 6.75. The lowest BCUT2D eigenvalue weighted by Gasteiger charge is -2.18. The van der Waals surface area contributed by atoms with Gasteiger partial charge in [-0.15, -0.1) is 5.10 Å². The molecule has 2 rings (SSSR count). The SMILES string of the molecule is CCc1noc(Cn2nnc(C(=O)OC(C)(C)C)c2C)n1. The Morgan fingerprint density at radius 2 is 2.10 bits per heavy atom. The lowest BCUT2D eigenvalue weighted by molar-refractivity contribution is 0.00618. The summed E-state index contributed by atoms with van der Waals surface area (Å²) in [4.78, 5) is 16.2. The second kappa shape index (κ2) is 5.63. The van der Waals surface area contributed by atoms with Crippen LogP contribution in [0.1, 0.15) is 55.6 Å². The number of carbonyl (C=O) groups is 1. The van der Waals surface area contributed by atoms with E-state index in [1.165, 1.54) is 4.68 Å². The van der Waals surface area contributed by atoms with Crippen LogP contribution in [0, 0.1) is 6.92 Å². The molecule has 2 aromatic rings. The number of hydrogen-bond donors (Lipinski definition) is 0.